The number of hydrogen-bond acceptors (Lipinski definition) is 4. The van der Waals surface area contributed by atoms with E-state index in [-0.39, 0.29) is 18.8 Å². The number of allylic oxidation sites excluding steroid dienone is 6. The molecule has 1 atom stereocenters. The van der Waals surface area contributed by atoms with Crippen molar-refractivity contribution < 1.29 is 14.3 Å². The molecule has 1 unspecified atom stereocenters. The lowest BCUT2D eigenvalue weighted by Gasteiger charge is -2.08. The van der Waals surface area contributed by atoms with E-state index in [4.69, 9.17) is 10.00 Å². The summed E-state index contributed by atoms with van der Waals surface area (Å²) >= 11 is 0. The number of nitrogens with zero attached hydrogens (tertiary/aromatic N) is 1. The van der Waals surface area contributed by atoms with Crippen molar-refractivity contribution in [3.8, 4) is 6.07 Å². The van der Waals surface area contributed by atoms with Gasteiger partial charge in [0.25, 0.3) is 0 Å². The number of carbonyl (C=O) groups is 2. The van der Waals surface area contributed by atoms with Gasteiger partial charge in [0.1, 0.15) is 6.42 Å². The minimum Gasteiger partial charge on any atom is -0.466 e. The minimum atomic E-state index is -0.720. The van der Waals surface area contributed by atoms with Crippen molar-refractivity contribution in [2.24, 2.45) is 5.41 Å². The smallest absolute Gasteiger partial charge is 0.313 e. The number of ketones is 1. The molecule has 4 heteroatoms. The Labute approximate surface area is 106 Å². The zero-order chi connectivity index (χ0) is 13.6. The molecule has 1 rings (SSSR count). The summed E-state index contributed by atoms with van der Waals surface area (Å²) in [5.41, 5.74) is -0.319. The molecule has 0 aromatic carbocycles. The van der Waals surface area contributed by atoms with Crippen molar-refractivity contribution in [3.63, 3.8) is 0 Å². The molecular formula is C14H15NO3. The minimum absolute atomic E-state index is 0.257. The Morgan fingerprint density at radius 1 is 1.44 bits per heavy atom. The van der Waals surface area contributed by atoms with Crippen molar-refractivity contribution >= 4 is 11.8 Å². The van der Waals surface area contributed by atoms with Crippen LogP contribution >= 0.6 is 0 Å². The molecule has 0 aliphatic heterocycles. The Balaban J connectivity index is 2.75. The first kappa shape index (κ1) is 13.9. The Morgan fingerprint density at radius 2 is 2.17 bits per heavy atom. The molecule has 0 aromatic rings. The number of hydrogen-bond donors (Lipinski definition) is 0. The first-order chi connectivity index (χ1) is 8.50. The first-order valence-electron chi connectivity index (χ1n) is 5.69. The van der Waals surface area contributed by atoms with Crippen LogP contribution in [0, 0.1) is 16.7 Å². The van der Waals surface area contributed by atoms with Crippen LogP contribution in [0.3, 0.4) is 0 Å². The largest absolute Gasteiger partial charge is 0.466 e. The van der Waals surface area contributed by atoms with Gasteiger partial charge in [0, 0.05) is 5.57 Å². The highest BCUT2D eigenvalue weighted by molar-refractivity contribution is 6.07. The van der Waals surface area contributed by atoms with Gasteiger partial charge in [-0.3, -0.25) is 9.59 Å². The molecule has 0 bridgehead atoms. The molecule has 0 aromatic heterocycles. The molecule has 1 aliphatic rings. The van der Waals surface area contributed by atoms with Crippen molar-refractivity contribution in [1.82, 2.24) is 0 Å². The number of ether oxygens (including phenoxy) is 1. The molecule has 0 saturated heterocycles. The topological polar surface area (TPSA) is 67.2 Å². The average Bonchev–Trinajstić information content (AvgIpc) is 2.52. The second kappa shape index (κ2) is 5.97. The van der Waals surface area contributed by atoms with Crippen LogP contribution < -0.4 is 0 Å². The highest BCUT2D eigenvalue weighted by Gasteiger charge is 2.19. The lowest BCUT2D eigenvalue weighted by Crippen LogP contribution is -2.12. The predicted molar refractivity (Wildman–Crippen MR) is 66.3 cm³/mol. The SMILES string of the molecule is CCOC(=O)CC(=O)C1=CC=CC(C)(C#N)C=C1. The van der Waals surface area contributed by atoms with E-state index < -0.39 is 11.4 Å². The molecule has 0 radical (unpaired) electrons. The molecule has 0 spiro atoms. The maximum Gasteiger partial charge on any atom is 0.313 e. The van der Waals surface area contributed by atoms with E-state index >= 15 is 0 Å². The zero-order valence-electron chi connectivity index (χ0n) is 10.5. The summed E-state index contributed by atoms with van der Waals surface area (Å²) < 4.78 is 4.72. The van der Waals surface area contributed by atoms with Crippen molar-refractivity contribution in [1.29, 1.82) is 5.26 Å². The van der Waals surface area contributed by atoms with Gasteiger partial charge in [0.2, 0.25) is 0 Å². The van der Waals surface area contributed by atoms with Crippen LogP contribution in [0.5, 0.6) is 0 Å². The molecule has 94 valence electrons. The van der Waals surface area contributed by atoms with Gasteiger partial charge in [0.05, 0.1) is 18.1 Å². The third-order valence-corrected chi connectivity index (χ3v) is 2.50. The van der Waals surface area contributed by atoms with Crippen LogP contribution in [0.4, 0.5) is 0 Å². The van der Waals surface area contributed by atoms with E-state index in [0.717, 1.165) is 0 Å². The van der Waals surface area contributed by atoms with Crippen LogP contribution in [0.2, 0.25) is 0 Å². The van der Waals surface area contributed by atoms with Gasteiger partial charge in [-0.2, -0.15) is 5.26 Å². The summed E-state index contributed by atoms with van der Waals surface area (Å²) in [6.45, 7) is 3.69. The van der Waals surface area contributed by atoms with E-state index in [1.165, 1.54) is 0 Å². The molecule has 0 amide bonds. The molecular weight excluding hydrogens is 230 g/mol. The zero-order valence-corrected chi connectivity index (χ0v) is 10.5. The summed E-state index contributed by atoms with van der Waals surface area (Å²) in [5.74, 6) is -0.843. The molecule has 4 nitrogen and oxygen atoms in total. The normalized spacial score (nSPS) is 21.7. The van der Waals surface area contributed by atoms with Crippen LogP contribution in [-0.4, -0.2) is 18.4 Å². The first-order valence-corrected chi connectivity index (χ1v) is 5.69. The predicted octanol–water partition coefficient (Wildman–Crippen LogP) is 2.09. The monoisotopic (exact) mass is 245 g/mol. The fourth-order valence-electron chi connectivity index (χ4n) is 1.43. The standard InChI is InChI=1S/C14H15NO3/c1-3-18-13(17)9-12(16)11-5-4-7-14(2,10-15)8-6-11/h4-8H,3,9H2,1-2H3. The quantitative estimate of drug-likeness (QED) is 0.562. The Morgan fingerprint density at radius 3 is 2.78 bits per heavy atom. The van der Waals surface area contributed by atoms with Gasteiger partial charge in [-0.05, 0) is 13.8 Å². The maximum atomic E-state index is 11.8. The summed E-state index contributed by atoms with van der Waals surface area (Å²) in [6, 6.07) is 2.13. The lowest BCUT2D eigenvalue weighted by atomic mass is 9.92. The fraction of sp³-hybridized carbons (Fsp3) is 0.357. The number of rotatable bonds is 4. The van der Waals surface area contributed by atoms with Crippen molar-refractivity contribution in [2.75, 3.05) is 6.61 Å². The van der Waals surface area contributed by atoms with E-state index in [2.05, 4.69) is 6.07 Å². The molecule has 0 fully saturated rings. The number of esters is 1. The van der Waals surface area contributed by atoms with Crippen molar-refractivity contribution in [3.05, 3.63) is 36.0 Å². The third-order valence-electron chi connectivity index (χ3n) is 2.50. The highest BCUT2D eigenvalue weighted by atomic mass is 16.5. The summed E-state index contributed by atoms with van der Waals surface area (Å²) in [6.07, 6.45) is 7.90. The second-order valence-electron chi connectivity index (χ2n) is 4.11. The summed E-state index contributed by atoms with van der Waals surface area (Å²) in [7, 11) is 0. The Hall–Kier alpha value is -2.15. The molecule has 0 heterocycles. The molecule has 0 saturated carbocycles. The average molecular weight is 245 g/mol. The van der Waals surface area contributed by atoms with Gasteiger partial charge >= 0.3 is 5.97 Å². The van der Waals surface area contributed by atoms with Gasteiger partial charge in [-0.25, -0.2) is 0 Å². The van der Waals surface area contributed by atoms with Gasteiger partial charge in [-0.15, -0.1) is 0 Å². The van der Waals surface area contributed by atoms with E-state index in [1.54, 1.807) is 44.2 Å². The van der Waals surface area contributed by atoms with Gasteiger partial charge in [-0.1, -0.05) is 30.4 Å². The number of Topliss-reactive ketones (excluding diaryl/α,β-unsaturated/α-hetero) is 1. The lowest BCUT2D eigenvalue weighted by molar-refractivity contribution is -0.144. The number of nitriles is 1. The van der Waals surface area contributed by atoms with Gasteiger partial charge < -0.3 is 4.74 Å². The van der Waals surface area contributed by atoms with Crippen LogP contribution in [0.15, 0.2) is 36.0 Å². The summed E-state index contributed by atoms with van der Waals surface area (Å²) in [5, 5.41) is 8.98. The van der Waals surface area contributed by atoms with Crippen LogP contribution in [-0.2, 0) is 14.3 Å². The maximum absolute atomic E-state index is 11.8. The van der Waals surface area contributed by atoms with E-state index in [1.807, 2.05) is 0 Å². The Bertz CT molecular complexity index is 480. The molecule has 18 heavy (non-hydrogen) atoms. The third kappa shape index (κ3) is 3.70. The molecule has 1 aliphatic carbocycles. The van der Waals surface area contributed by atoms with E-state index in [0.29, 0.717) is 5.57 Å². The number of carbonyl (C=O) groups excluding carboxylic acids is 2. The summed E-state index contributed by atoms with van der Waals surface area (Å²) in [4.78, 5) is 23.0. The fourth-order valence-corrected chi connectivity index (χ4v) is 1.43. The Kier molecular flexibility index (Phi) is 4.61. The second-order valence-corrected chi connectivity index (χ2v) is 4.11. The highest BCUT2D eigenvalue weighted by Crippen LogP contribution is 2.23. The van der Waals surface area contributed by atoms with E-state index in [9.17, 15) is 9.59 Å². The molecule has 0 N–H and O–H groups in total. The van der Waals surface area contributed by atoms with Crippen LogP contribution in [0.25, 0.3) is 0 Å². The van der Waals surface area contributed by atoms with Crippen molar-refractivity contribution in [2.45, 2.75) is 20.3 Å². The van der Waals surface area contributed by atoms with Crippen LogP contribution in [0.1, 0.15) is 20.3 Å². The van der Waals surface area contributed by atoms with Gasteiger partial charge in [0.15, 0.2) is 5.78 Å².